The smallest absolute Gasteiger partial charge is 0.309 e. The highest BCUT2D eigenvalue weighted by molar-refractivity contribution is 5.72. The van der Waals surface area contributed by atoms with E-state index in [1.54, 1.807) is 7.11 Å². The monoisotopic (exact) mass is 217 g/mol. The zero-order chi connectivity index (χ0) is 11.7. The van der Waals surface area contributed by atoms with Crippen LogP contribution < -0.4 is 0 Å². The number of carbonyl (C=O) groups is 1. The molecule has 15 heavy (non-hydrogen) atoms. The molecular formula is C11H23NO3. The van der Waals surface area contributed by atoms with Crippen molar-refractivity contribution in [2.24, 2.45) is 5.92 Å². The molecule has 0 saturated carbocycles. The zero-order valence-electron chi connectivity index (χ0n) is 10.3. The number of methoxy groups -OCH3 is 1. The molecule has 0 aromatic heterocycles. The Morgan fingerprint density at radius 2 is 2.07 bits per heavy atom. The van der Waals surface area contributed by atoms with Gasteiger partial charge >= 0.3 is 5.97 Å². The number of esters is 1. The maximum Gasteiger partial charge on any atom is 0.309 e. The lowest BCUT2D eigenvalue weighted by molar-refractivity contribution is -0.148. The van der Waals surface area contributed by atoms with Crippen molar-refractivity contribution in [3.8, 4) is 0 Å². The number of hydrogen-bond acceptors (Lipinski definition) is 4. The molecule has 0 fully saturated rings. The van der Waals surface area contributed by atoms with Gasteiger partial charge in [-0.15, -0.1) is 0 Å². The van der Waals surface area contributed by atoms with E-state index in [2.05, 4.69) is 11.8 Å². The Balaban J connectivity index is 3.88. The third kappa shape index (κ3) is 6.47. The van der Waals surface area contributed by atoms with Crippen molar-refractivity contribution >= 4 is 5.97 Å². The van der Waals surface area contributed by atoms with Crippen molar-refractivity contribution in [1.29, 1.82) is 0 Å². The van der Waals surface area contributed by atoms with Crippen LogP contribution in [0.15, 0.2) is 0 Å². The van der Waals surface area contributed by atoms with E-state index in [1.165, 1.54) is 0 Å². The van der Waals surface area contributed by atoms with Crippen LogP contribution in [0.4, 0.5) is 0 Å². The summed E-state index contributed by atoms with van der Waals surface area (Å²) >= 11 is 0. The Morgan fingerprint density at radius 3 is 2.53 bits per heavy atom. The molecule has 0 aromatic carbocycles. The van der Waals surface area contributed by atoms with Crippen LogP contribution in [0.25, 0.3) is 0 Å². The molecule has 0 spiro atoms. The van der Waals surface area contributed by atoms with Gasteiger partial charge in [0, 0.05) is 20.2 Å². The highest BCUT2D eigenvalue weighted by atomic mass is 16.5. The Morgan fingerprint density at radius 1 is 1.40 bits per heavy atom. The van der Waals surface area contributed by atoms with Crippen molar-refractivity contribution < 1.29 is 14.3 Å². The van der Waals surface area contributed by atoms with Crippen LogP contribution in [-0.4, -0.2) is 50.8 Å². The van der Waals surface area contributed by atoms with Gasteiger partial charge in [0.05, 0.1) is 19.1 Å². The molecule has 0 N–H and O–H groups in total. The van der Waals surface area contributed by atoms with Crippen LogP contribution in [0.5, 0.6) is 0 Å². The summed E-state index contributed by atoms with van der Waals surface area (Å²) in [6, 6.07) is 0. The summed E-state index contributed by atoms with van der Waals surface area (Å²) in [6.07, 6.45) is 0. The van der Waals surface area contributed by atoms with Crippen molar-refractivity contribution in [3.63, 3.8) is 0 Å². The molecule has 0 radical (unpaired) electrons. The van der Waals surface area contributed by atoms with Crippen LogP contribution in [0, 0.1) is 5.92 Å². The van der Waals surface area contributed by atoms with E-state index in [4.69, 9.17) is 9.47 Å². The first-order valence-electron chi connectivity index (χ1n) is 5.53. The summed E-state index contributed by atoms with van der Waals surface area (Å²) in [4.78, 5) is 13.6. The summed E-state index contributed by atoms with van der Waals surface area (Å²) in [7, 11) is 1.68. The Kier molecular flexibility index (Phi) is 8.33. The van der Waals surface area contributed by atoms with Gasteiger partial charge in [0.25, 0.3) is 0 Å². The Hall–Kier alpha value is -0.610. The number of nitrogens with zero attached hydrogens (tertiary/aromatic N) is 1. The van der Waals surface area contributed by atoms with Crippen molar-refractivity contribution in [2.45, 2.75) is 20.8 Å². The molecule has 4 nitrogen and oxygen atoms in total. The first-order valence-corrected chi connectivity index (χ1v) is 5.53. The molecule has 0 amide bonds. The number of likely N-dealkylation sites (N-methyl/N-ethyl adjacent to an activating group) is 1. The fourth-order valence-corrected chi connectivity index (χ4v) is 1.35. The summed E-state index contributed by atoms with van der Waals surface area (Å²) < 4.78 is 9.96. The molecule has 0 heterocycles. The van der Waals surface area contributed by atoms with E-state index in [1.807, 2.05) is 13.8 Å². The van der Waals surface area contributed by atoms with E-state index in [9.17, 15) is 4.79 Å². The normalized spacial score (nSPS) is 12.9. The van der Waals surface area contributed by atoms with Gasteiger partial charge in [-0.25, -0.2) is 0 Å². The Labute approximate surface area is 92.5 Å². The molecule has 1 atom stereocenters. The van der Waals surface area contributed by atoms with Gasteiger partial charge in [-0.05, 0) is 13.5 Å². The van der Waals surface area contributed by atoms with Crippen LogP contribution >= 0.6 is 0 Å². The molecule has 0 saturated heterocycles. The second-order valence-electron chi connectivity index (χ2n) is 3.54. The molecule has 0 aliphatic carbocycles. The highest BCUT2D eigenvalue weighted by Gasteiger charge is 2.16. The number of rotatable bonds is 8. The maximum absolute atomic E-state index is 11.4. The van der Waals surface area contributed by atoms with Crippen LogP contribution in [-0.2, 0) is 14.3 Å². The number of ether oxygens (including phenoxy) is 2. The summed E-state index contributed by atoms with van der Waals surface area (Å²) in [5.41, 5.74) is 0. The largest absolute Gasteiger partial charge is 0.466 e. The number of carbonyl (C=O) groups excluding carboxylic acids is 1. The third-order valence-electron chi connectivity index (χ3n) is 2.28. The zero-order valence-corrected chi connectivity index (χ0v) is 10.3. The predicted octanol–water partition coefficient (Wildman–Crippen LogP) is 1.15. The van der Waals surface area contributed by atoms with E-state index in [0.29, 0.717) is 13.2 Å². The Bertz CT molecular complexity index is 173. The van der Waals surface area contributed by atoms with Crippen molar-refractivity contribution in [3.05, 3.63) is 0 Å². The second kappa shape index (κ2) is 8.68. The lowest BCUT2D eigenvalue weighted by Crippen LogP contribution is -2.34. The lowest BCUT2D eigenvalue weighted by atomic mass is 10.1. The molecule has 1 unspecified atom stereocenters. The van der Waals surface area contributed by atoms with Crippen LogP contribution in [0.3, 0.4) is 0 Å². The highest BCUT2D eigenvalue weighted by Crippen LogP contribution is 2.02. The van der Waals surface area contributed by atoms with E-state index in [0.717, 1.165) is 19.6 Å². The standard InChI is InChI=1S/C11H23NO3/c1-5-12(7-8-14-4)9-10(3)11(13)15-6-2/h10H,5-9H2,1-4H3. The van der Waals surface area contributed by atoms with Crippen LogP contribution in [0.1, 0.15) is 20.8 Å². The quantitative estimate of drug-likeness (QED) is 0.572. The van der Waals surface area contributed by atoms with Gasteiger partial charge in [-0.3, -0.25) is 4.79 Å². The summed E-state index contributed by atoms with van der Waals surface area (Å²) in [6.45, 7) is 9.47. The topological polar surface area (TPSA) is 38.8 Å². The molecule has 90 valence electrons. The summed E-state index contributed by atoms with van der Waals surface area (Å²) in [5.74, 6) is -0.185. The molecular weight excluding hydrogens is 194 g/mol. The van der Waals surface area contributed by atoms with Crippen molar-refractivity contribution in [1.82, 2.24) is 4.90 Å². The van der Waals surface area contributed by atoms with Crippen molar-refractivity contribution in [2.75, 3.05) is 40.0 Å². The van der Waals surface area contributed by atoms with Gasteiger partial charge < -0.3 is 14.4 Å². The molecule has 0 bridgehead atoms. The fraction of sp³-hybridized carbons (Fsp3) is 0.909. The minimum Gasteiger partial charge on any atom is -0.466 e. The fourth-order valence-electron chi connectivity index (χ4n) is 1.35. The maximum atomic E-state index is 11.4. The van der Waals surface area contributed by atoms with Gasteiger partial charge in [0.2, 0.25) is 0 Å². The van der Waals surface area contributed by atoms with E-state index >= 15 is 0 Å². The van der Waals surface area contributed by atoms with E-state index in [-0.39, 0.29) is 11.9 Å². The first kappa shape index (κ1) is 14.4. The SMILES string of the molecule is CCOC(=O)C(C)CN(CC)CCOC. The van der Waals surface area contributed by atoms with Crippen LogP contribution in [0.2, 0.25) is 0 Å². The lowest BCUT2D eigenvalue weighted by Gasteiger charge is -2.22. The van der Waals surface area contributed by atoms with E-state index < -0.39 is 0 Å². The molecule has 0 aromatic rings. The molecule has 0 rings (SSSR count). The number of hydrogen-bond donors (Lipinski definition) is 0. The minimum atomic E-state index is -0.117. The first-order chi connectivity index (χ1) is 7.15. The van der Waals surface area contributed by atoms with Gasteiger partial charge in [0.15, 0.2) is 0 Å². The predicted molar refractivity (Wildman–Crippen MR) is 59.8 cm³/mol. The third-order valence-corrected chi connectivity index (χ3v) is 2.28. The molecule has 0 aliphatic rings. The average molecular weight is 217 g/mol. The van der Waals surface area contributed by atoms with Gasteiger partial charge in [0.1, 0.15) is 0 Å². The second-order valence-corrected chi connectivity index (χ2v) is 3.54. The average Bonchev–Trinajstić information content (AvgIpc) is 2.24. The van der Waals surface area contributed by atoms with Gasteiger partial charge in [-0.2, -0.15) is 0 Å². The minimum absolute atomic E-state index is 0.0678. The summed E-state index contributed by atoms with van der Waals surface area (Å²) in [5, 5.41) is 0. The van der Waals surface area contributed by atoms with Gasteiger partial charge in [-0.1, -0.05) is 13.8 Å². The molecule has 4 heteroatoms. The molecule has 0 aliphatic heterocycles.